The lowest BCUT2D eigenvalue weighted by Crippen LogP contribution is -2.48. The molecular weight excluding hydrogens is 418 g/mol. The van der Waals surface area contributed by atoms with Crippen LogP contribution in [0.2, 0.25) is 0 Å². The second-order valence-electron chi connectivity index (χ2n) is 9.15. The van der Waals surface area contributed by atoms with Gasteiger partial charge >= 0.3 is 0 Å². The van der Waals surface area contributed by atoms with Crippen LogP contribution in [0.4, 0.5) is 0 Å². The quantitative estimate of drug-likeness (QED) is 0.706. The van der Waals surface area contributed by atoms with E-state index >= 15 is 0 Å². The Labute approximate surface area is 193 Å². The van der Waals surface area contributed by atoms with Crippen molar-refractivity contribution in [2.75, 3.05) is 13.6 Å². The molecule has 170 valence electrons. The second kappa shape index (κ2) is 8.74. The molecule has 5 rings (SSSR count). The van der Waals surface area contributed by atoms with Gasteiger partial charge in [0.1, 0.15) is 23.8 Å². The van der Waals surface area contributed by atoms with E-state index in [1.165, 1.54) is 0 Å². The van der Waals surface area contributed by atoms with Crippen molar-refractivity contribution in [1.82, 2.24) is 15.2 Å². The van der Waals surface area contributed by atoms with Crippen LogP contribution in [0, 0.1) is 28.6 Å². The van der Waals surface area contributed by atoms with Gasteiger partial charge in [0.25, 0.3) is 0 Å². The third-order valence-electron chi connectivity index (χ3n) is 7.05. The van der Waals surface area contributed by atoms with Crippen LogP contribution in [0.15, 0.2) is 42.1 Å². The van der Waals surface area contributed by atoms with Crippen LogP contribution in [-0.4, -0.2) is 77.6 Å². The number of hydrogen-bond donors (Lipinski definition) is 1. The molecule has 11 heteroatoms. The monoisotopic (exact) mass is 445 g/mol. The van der Waals surface area contributed by atoms with Crippen molar-refractivity contribution in [3.63, 3.8) is 0 Å². The maximum Gasteiger partial charge on any atom is 0.218 e. The highest BCUT2D eigenvalue weighted by molar-refractivity contribution is 6.04. The Morgan fingerprint density at radius 1 is 1.24 bits per heavy atom. The molecule has 4 aliphatic heterocycles. The summed E-state index contributed by atoms with van der Waals surface area (Å²) in [4.78, 5) is 20.6. The number of nitrogens with one attached hydrogen (secondary N) is 1. The highest BCUT2D eigenvalue weighted by Crippen LogP contribution is 2.29. The number of hydrogen-bond acceptors (Lipinski definition) is 11. The molecule has 0 aromatic heterocycles. The summed E-state index contributed by atoms with van der Waals surface area (Å²) >= 11 is 0. The van der Waals surface area contributed by atoms with E-state index in [-0.39, 0.29) is 36.1 Å². The molecule has 0 spiro atoms. The number of guanidine groups is 1. The summed E-state index contributed by atoms with van der Waals surface area (Å²) in [6.45, 7) is 2.43. The minimum absolute atomic E-state index is 0.0449. The zero-order valence-electron chi connectivity index (χ0n) is 18.8. The van der Waals surface area contributed by atoms with Gasteiger partial charge in [0, 0.05) is 31.8 Å². The lowest BCUT2D eigenvalue weighted by Gasteiger charge is -2.36. The topological polar surface area (TPSA) is 140 Å². The molecule has 0 radical (unpaired) electrons. The Bertz CT molecular complexity index is 1070. The Morgan fingerprint density at radius 2 is 2.12 bits per heavy atom. The summed E-state index contributed by atoms with van der Waals surface area (Å²) in [7, 11) is 1.88. The Morgan fingerprint density at radius 3 is 2.88 bits per heavy atom. The molecule has 1 saturated carbocycles. The summed E-state index contributed by atoms with van der Waals surface area (Å²) < 4.78 is 0. The van der Waals surface area contributed by atoms with Crippen LogP contribution < -0.4 is 5.32 Å². The van der Waals surface area contributed by atoms with Crippen molar-refractivity contribution >= 4 is 23.8 Å². The smallest absolute Gasteiger partial charge is 0.218 e. The summed E-state index contributed by atoms with van der Waals surface area (Å²) in [6.07, 6.45) is 8.27. The molecule has 4 heterocycles. The van der Waals surface area contributed by atoms with E-state index in [2.05, 4.69) is 47.7 Å². The Hall–Kier alpha value is -3.60. The average molecular weight is 446 g/mol. The molecule has 0 amide bonds. The summed E-state index contributed by atoms with van der Waals surface area (Å²) in [6, 6.07) is 4.82. The largest absolute Gasteiger partial charge is 0.352 e. The molecular formula is C22H27N11. The van der Waals surface area contributed by atoms with Crippen LogP contribution in [0.1, 0.15) is 39.0 Å². The molecule has 11 nitrogen and oxygen atoms in total. The number of fused-ring (bicyclic) bond motifs is 1. The van der Waals surface area contributed by atoms with E-state index in [0.29, 0.717) is 24.5 Å². The molecule has 1 fully saturated rings. The van der Waals surface area contributed by atoms with Gasteiger partial charge in [-0.2, -0.15) is 15.6 Å². The number of nitrogens with zero attached hydrogens (tertiary/aromatic N) is 10. The van der Waals surface area contributed by atoms with Crippen LogP contribution in [-0.2, 0) is 0 Å². The van der Waals surface area contributed by atoms with E-state index in [9.17, 15) is 5.26 Å². The highest BCUT2D eigenvalue weighted by Gasteiger charge is 2.38. The number of amidine groups is 1. The average Bonchev–Trinajstić information content (AvgIpc) is 3.41. The van der Waals surface area contributed by atoms with Gasteiger partial charge in [-0.15, -0.1) is 0 Å². The maximum atomic E-state index is 9.61. The first-order chi connectivity index (χ1) is 16.1. The minimum atomic E-state index is -0.374. The molecule has 4 unspecified atom stereocenters. The summed E-state index contributed by atoms with van der Waals surface area (Å²) in [5, 5.41) is 32.6. The Balaban J connectivity index is 1.27. The molecule has 0 aromatic carbocycles. The molecule has 0 saturated heterocycles. The van der Waals surface area contributed by atoms with E-state index in [4.69, 9.17) is 10.3 Å². The van der Waals surface area contributed by atoms with Gasteiger partial charge < -0.3 is 10.2 Å². The standard InChI is InChI=1S/C22H27N11/c1-13-19(30-31-32(13)2)20-15(9-24)11-26-22(29-20)28-16-4-3-5-17(7-16)33-12-27-18-6-14(8-23)10-25-21(18)33/h10,12-13,15-19H,3-7,11H2,1-2H3,(H,26,28)/t13?,15?,16-,17+,18?,19?/m1/s1. The fraction of sp³-hybridized carbons (Fsp3) is 0.636. The first-order valence-corrected chi connectivity index (χ1v) is 11.5. The first-order valence-electron chi connectivity index (χ1n) is 11.5. The fourth-order valence-electron chi connectivity index (χ4n) is 5.03. The lowest BCUT2D eigenvalue weighted by molar-refractivity contribution is 0.286. The molecule has 0 bridgehead atoms. The fourth-order valence-corrected chi connectivity index (χ4v) is 5.03. The van der Waals surface area contributed by atoms with Gasteiger partial charge in [0.2, 0.25) is 5.96 Å². The van der Waals surface area contributed by atoms with E-state index in [1.54, 1.807) is 11.2 Å². The Kier molecular flexibility index (Phi) is 5.63. The maximum absolute atomic E-state index is 9.61. The molecule has 0 aromatic rings. The van der Waals surface area contributed by atoms with Crippen molar-refractivity contribution in [2.45, 2.75) is 69.2 Å². The minimum Gasteiger partial charge on any atom is -0.352 e. The predicted octanol–water partition coefficient (Wildman–Crippen LogP) is 1.83. The van der Waals surface area contributed by atoms with Crippen molar-refractivity contribution < 1.29 is 0 Å². The van der Waals surface area contributed by atoms with E-state index < -0.39 is 0 Å². The van der Waals surface area contributed by atoms with Crippen molar-refractivity contribution in [2.24, 2.45) is 36.2 Å². The SMILES string of the molecule is CC1C(C2=NC(N[C@@H]3CCC[C@H](N4C=NC5CC(C#N)=CN=C54)C3)=NCC2C#N)N=NN1C. The highest BCUT2D eigenvalue weighted by atomic mass is 15.6. The van der Waals surface area contributed by atoms with E-state index in [1.807, 2.05) is 20.3 Å². The number of aliphatic imine (C=N–C) groups is 4. The van der Waals surface area contributed by atoms with E-state index in [0.717, 1.165) is 37.2 Å². The van der Waals surface area contributed by atoms with Gasteiger partial charge in [-0.1, -0.05) is 5.22 Å². The van der Waals surface area contributed by atoms with Gasteiger partial charge in [-0.25, -0.2) is 15.0 Å². The molecule has 5 aliphatic rings. The van der Waals surface area contributed by atoms with Gasteiger partial charge in [-0.05, 0) is 32.6 Å². The molecule has 1 aliphatic carbocycles. The third-order valence-corrected chi connectivity index (χ3v) is 7.05. The second-order valence-corrected chi connectivity index (χ2v) is 9.15. The normalized spacial score (nSPS) is 35.2. The lowest BCUT2D eigenvalue weighted by atomic mass is 9.89. The zero-order chi connectivity index (χ0) is 22.9. The third kappa shape index (κ3) is 3.99. The number of nitriles is 2. The number of likely N-dealkylation sites (N-methyl/N-ethyl adjacent to an activating group) is 1. The van der Waals surface area contributed by atoms with Gasteiger partial charge in [-0.3, -0.25) is 10.0 Å². The van der Waals surface area contributed by atoms with Gasteiger partial charge in [0.15, 0.2) is 0 Å². The summed E-state index contributed by atoms with van der Waals surface area (Å²) in [5.41, 5.74) is 1.42. The van der Waals surface area contributed by atoms with Crippen molar-refractivity contribution in [3.05, 3.63) is 11.8 Å². The summed E-state index contributed by atoms with van der Waals surface area (Å²) in [5.74, 6) is 1.15. The molecule has 6 atom stereocenters. The zero-order valence-corrected chi connectivity index (χ0v) is 18.8. The van der Waals surface area contributed by atoms with Crippen LogP contribution in [0.5, 0.6) is 0 Å². The predicted molar refractivity (Wildman–Crippen MR) is 124 cm³/mol. The van der Waals surface area contributed by atoms with Crippen LogP contribution in [0.3, 0.4) is 0 Å². The molecule has 33 heavy (non-hydrogen) atoms. The van der Waals surface area contributed by atoms with Crippen molar-refractivity contribution in [1.29, 1.82) is 10.5 Å². The molecule has 1 N–H and O–H groups in total. The van der Waals surface area contributed by atoms with Gasteiger partial charge in [0.05, 0.1) is 42.3 Å². The first kappa shape index (κ1) is 21.3. The van der Waals surface area contributed by atoms with Crippen LogP contribution in [0.25, 0.3) is 0 Å². The van der Waals surface area contributed by atoms with Crippen molar-refractivity contribution in [3.8, 4) is 12.1 Å². The van der Waals surface area contributed by atoms with Crippen LogP contribution >= 0.6 is 0 Å². The number of rotatable bonds is 3.